The van der Waals surface area contributed by atoms with Crippen LogP contribution in [0, 0.1) is 0 Å². The number of pyridine rings is 1. The third-order valence-electron chi connectivity index (χ3n) is 2.99. The number of nitrogens with zero attached hydrogens (tertiary/aromatic N) is 2. The molecule has 1 aromatic heterocycles. The van der Waals surface area contributed by atoms with Gasteiger partial charge in [-0.1, -0.05) is 18.2 Å². The summed E-state index contributed by atoms with van der Waals surface area (Å²) in [7, 11) is 0. The lowest BCUT2D eigenvalue weighted by Gasteiger charge is -2.22. The highest BCUT2D eigenvalue weighted by molar-refractivity contribution is 6.05. The Morgan fingerprint density at radius 3 is 2.48 bits per heavy atom. The second-order valence-electron chi connectivity index (χ2n) is 4.53. The highest BCUT2D eigenvalue weighted by Crippen LogP contribution is 2.17. The van der Waals surface area contributed by atoms with Crippen LogP contribution < -0.4 is 4.90 Å². The van der Waals surface area contributed by atoms with E-state index in [0.717, 1.165) is 5.69 Å². The molecule has 108 valence electrons. The van der Waals surface area contributed by atoms with Gasteiger partial charge in [0.1, 0.15) is 0 Å². The van der Waals surface area contributed by atoms with Crippen molar-refractivity contribution >= 4 is 17.6 Å². The first-order chi connectivity index (χ1) is 10.2. The van der Waals surface area contributed by atoms with Crippen LogP contribution in [-0.2, 0) is 4.79 Å². The van der Waals surface area contributed by atoms with E-state index in [1.807, 2.05) is 30.3 Å². The molecule has 0 bridgehead atoms. The maximum Gasteiger partial charge on any atom is 0.303 e. The molecule has 0 atom stereocenters. The van der Waals surface area contributed by atoms with Crippen molar-refractivity contribution in [3.8, 4) is 0 Å². The quantitative estimate of drug-likeness (QED) is 0.885. The fourth-order valence-electron chi connectivity index (χ4n) is 1.99. The molecule has 1 amide bonds. The summed E-state index contributed by atoms with van der Waals surface area (Å²) >= 11 is 0. The van der Waals surface area contributed by atoms with Gasteiger partial charge in [-0.15, -0.1) is 0 Å². The Bertz CT molecular complexity index is 599. The van der Waals surface area contributed by atoms with Gasteiger partial charge in [0.25, 0.3) is 5.91 Å². The molecule has 0 saturated carbocycles. The highest BCUT2D eigenvalue weighted by atomic mass is 16.4. The molecule has 1 N–H and O–H groups in total. The predicted octanol–water partition coefficient (Wildman–Crippen LogP) is 2.59. The molecular formula is C16H16N2O3. The summed E-state index contributed by atoms with van der Waals surface area (Å²) in [6.07, 6.45) is 3.55. The summed E-state index contributed by atoms with van der Waals surface area (Å²) in [4.78, 5) is 28.7. The van der Waals surface area contributed by atoms with Crippen LogP contribution in [0.15, 0.2) is 54.9 Å². The summed E-state index contributed by atoms with van der Waals surface area (Å²) in [6.45, 7) is 0.351. The van der Waals surface area contributed by atoms with Crippen molar-refractivity contribution in [2.24, 2.45) is 0 Å². The van der Waals surface area contributed by atoms with Crippen LogP contribution >= 0.6 is 0 Å². The fraction of sp³-hybridized carbons (Fsp3) is 0.188. The van der Waals surface area contributed by atoms with Crippen LogP contribution in [0.4, 0.5) is 5.69 Å². The van der Waals surface area contributed by atoms with Crippen LogP contribution in [0.1, 0.15) is 23.2 Å². The Kier molecular flexibility index (Phi) is 5.04. The van der Waals surface area contributed by atoms with Crippen LogP contribution in [0.25, 0.3) is 0 Å². The number of rotatable bonds is 6. The third kappa shape index (κ3) is 4.14. The summed E-state index contributed by atoms with van der Waals surface area (Å²) in [6, 6.07) is 12.6. The summed E-state index contributed by atoms with van der Waals surface area (Å²) < 4.78 is 0. The average Bonchev–Trinajstić information content (AvgIpc) is 2.52. The summed E-state index contributed by atoms with van der Waals surface area (Å²) in [5.41, 5.74) is 1.23. The van der Waals surface area contributed by atoms with Gasteiger partial charge in [-0.05, 0) is 30.7 Å². The first kappa shape index (κ1) is 14.7. The van der Waals surface area contributed by atoms with Gasteiger partial charge in [0.2, 0.25) is 0 Å². The molecule has 0 aliphatic rings. The fourth-order valence-corrected chi connectivity index (χ4v) is 1.99. The maximum atomic E-state index is 12.6. The summed E-state index contributed by atoms with van der Waals surface area (Å²) in [5.74, 6) is -1.04. The molecule has 0 unspecified atom stereocenters. The lowest BCUT2D eigenvalue weighted by molar-refractivity contribution is -0.137. The number of aliphatic carboxylic acids is 1. The number of carboxylic acids is 1. The molecule has 0 spiro atoms. The molecule has 2 rings (SSSR count). The van der Waals surface area contributed by atoms with E-state index in [-0.39, 0.29) is 12.3 Å². The number of anilines is 1. The van der Waals surface area contributed by atoms with E-state index < -0.39 is 5.97 Å². The zero-order valence-corrected chi connectivity index (χ0v) is 11.5. The van der Waals surface area contributed by atoms with Gasteiger partial charge in [-0.2, -0.15) is 0 Å². The number of carbonyl (C=O) groups is 2. The molecule has 21 heavy (non-hydrogen) atoms. The number of hydrogen-bond acceptors (Lipinski definition) is 3. The van der Waals surface area contributed by atoms with Crippen molar-refractivity contribution < 1.29 is 14.7 Å². The molecule has 0 fully saturated rings. The highest BCUT2D eigenvalue weighted by Gasteiger charge is 2.17. The lowest BCUT2D eigenvalue weighted by atomic mass is 10.2. The number of benzene rings is 1. The molecule has 0 aliphatic carbocycles. The number of hydrogen-bond donors (Lipinski definition) is 1. The lowest BCUT2D eigenvalue weighted by Crippen LogP contribution is -2.32. The van der Waals surface area contributed by atoms with Crippen LogP contribution in [0.5, 0.6) is 0 Å². The normalized spacial score (nSPS) is 10.1. The van der Waals surface area contributed by atoms with Gasteiger partial charge in [0.05, 0.1) is 5.56 Å². The van der Waals surface area contributed by atoms with Crippen LogP contribution in [-0.4, -0.2) is 28.5 Å². The van der Waals surface area contributed by atoms with Crippen molar-refractivity contribution in [3.05, 3.63) is 60.4 Å². The Morgan fingerprint density at radius 2 is 1.86 bits per heavy atom. The summed E-state index contributed by atoms with van der Waals surface area (Å²) in [5, 5.41) is 8.74. The molecule has 0 aliphatic heterocycles. The standard InChI is InChI=1S/C16H16N2O3/c19-15(20)9-5-11-18(14-7-2-1-3-8-14)16(21)13-6-4-10-17-12-13/h1-4,6-8,10,12H,5,9,11H2,(H,19,20). The Balaban J connectivity index is 2.19. The van der Waals surface area contributed by atoms with E-state index in [1.165, 1.54) is 6.20 Å². The number of para-hydroxylation sites is 1. The Hall–Kier alpha value is -2.69. The van der Waals surface area contributed by atoms with E-state index in [0.29, 0.717) is 18.5 Å². The first-order valence-corrected chi connectivity index (χ1v) is 6.67. The zero-order chi connectivity index (χ0) is 15.1. The molecule has 1 aromatic carbocycles. The Labute approximate surface area is 122 Å². The average molecular weight is 284 g/mol. The smallest absolute Gasteiger partial charge is 0.303 e. The molecular weight excluding hydrogens is 268 g/mol. The van der Waals surface area contributed by atoms with Crippen molar-refractivity contribution in [1.29, 1.82) is 0 Å². The molecule has 5 nitrogen and oxygen atoms in total. The number of carboxylic acid groups (broad SMARTS) is 1. The van der Waals surface area contributed by atoms with Gasteiger partial charge >= 0.3 is 5.97 Å². The molecule has 0 saturated heterocycles. The van der Waals surface area contributed by atoms with Crippen LogP contribution in [0.2, 0.25) is 0 Å². The van der Waals surface area contributed by atoms with Gasteiger partial charge in [-0.3, -0.25) is 14.6 Å². The van der Waals surface area contributed by atoms with Gasteiger partial charge < -0.3 is 10.0 Å². The van der Waals surface area contributed by atoms with Crippen molar-refractivity contribution in [1.82, 2.24) is 4.98 Å². The monoisotopic (exact) mass is 284 g/mol. The van der Waals surface area contributed by atoms with Gasteiger partial charge in [0.15, 0.2) is 0 Å². The zero-order valence-electron chi connectivity index (χ0n) is 11.5. The SMILES string of the molecule is O=C(O)CCCN(C(=O)c1cccnc1)c1ccccc1. The van der Waals surface area contributed by atoms with E-state index >= 15 is 0 Å². The predicted molar refractivity (Wildman–Crippen MR) is 79.2 cm³/mol. The van der Waals surface area contributed by atoms with Gasteiger partial charge in [-0.25, -0.2) is 0 Å². The topological polar surface area (TPSA) is 70.5 Å². The van der Waals surface area contributed by atoms with Gasteiger partial charge in [0, 0.05) is 31.0 Å². The van der Waals surface area contributed by atoms with Crippen molar-refractivity contribution in [3.63, 3.8) is 0 Å². The van der Waals surface area contributed by atoms with Crippen LogP contribution in [0.3, 0.4) is 0 Å². The minimum Gasteiger partial charge on any atom is -0.481 e. The second kappa shape index (κ2) is 7.19. The van der Waals surface area contributed by atoms with E-state index in [4.69, 9.17) is 5.11 Å². The molecule has 2 aromatic rings. The van der Waals surface area contributed by atoms with Crippen molar-refractivity contribution in [2.75, 3.05) is 11.4 Å². The number of amides is 1. The maximum absolute atomic E-state index is 12.6. The molecule has 0 radical (unpaired) electrons. The van der Waals surface area contributed by atoms with E-state index in [2.05, 4.69) is 4.98 Å². The molecule has 5 heteroatoms. The largest absolute Gasteiger partial charge is 0.481 e. The second-order valence-corrected chi connectivity index (χ2v) is 4.53. The van der Waals surface area contributed by atoms with E-state index in [1.54, 1.807) is 23.2 Å². The number of carbonyl (C=O) groups excluding carboxylic acids is 1. The third-order valence-corrected chi connectivity index (χ3v) is 2.99. The van der Waals surface area contributed by atoms with Crippen molar-refractivity contribution in [2.45, 2.75) is 12.8 Å². The minimum absolute atomic E-state index is 0.0314. The molecule has 1 heterocycles. The van der Waals surface area contributed by atoms with E-state index in [9.17, 15) is 9.59 Å². The first-order valence-electron chi connectivity index (χ1n) is 6.67. The number of aromatic nitrogens is 1. The Morgan fingerprint density at radius 1 is 1.10 bits per heavy atom. The minimum atomic E-state index is -0.864.